The topological polar surface area (TPSA) is 61.8 Å². The maximum Gasteiger partial charge on any atom is 0.251 e. The van der Waals surface area contributed by atoms with E-state index in [4.69, 9.17) is 4.74 Å². The fourth-order valence-corrected chi connectivity index (χ4v) is 2.39. The number of nitrogens with zero attached hydrogens (tertiary/aromatic N) is 1. The lowest BCUT2D eigenvalue weighted by atomic mass is 10.1. The summed E-state index contributed by atoms with van der Waals surface area (Å²) in [6.45, 7) is 4.04. The van der Waals surface area contributed by atoms with Crippen molar-refractivity contribution in [2.45, 2.75) is 26.1 Å². The Bertz CT molecular complexity index is 696. The Morgan fingerprint density at radius 1 is 1.16 bits per heavy atom. The van der Waals surface area contributed by atoms with Crippen LogP contribution in [0.4, 0.5) is 5.69 Å². The first-order valence-electron chi connectivity index (χ1n) is 8.37. The Labute approximate surface area is 149 Å². The molecule has 0 radical (unpaired) electrons. The molecule has 0 aliphatic carbocycles. The van der Waals surface area contributed by atoms with Crippen LogP contribution in [0, 0.1) is 0 Å². The molecule has 134 valence electrons. The zero-order valence-electron chi connectivity index (χ0n) is 15.2. The van der Waals surface area contributed by atoms with Gasteiger partial charge in [0.2, 0.25) is 0 Å². The van der Waals surface area contributed by atoms with Gasteiger partial charge in [0.05, 0.1) is 12.2 Å². The second-order valence-electron chi connectivity index (χ2n) is 6.41. The summed E-state index contributed by atoms with van der Waals surface area (Å²) in [5, 5.41) is 13.1. The van der Waals surface area contributed by atoms with E-state index in [1.165, 1.54) is 0 Å². The maximum atomic E-state index is 12.2. The van der Waals surface area contributed by atoms with Gasteiger partial charge in [0.25, 0.3) is 5.91 Å². The minimum absolute atomic E-state index is 0.0669. The average molecular weight is 342 g/mol. The SMILES string of the molecule is CC(C)Oc1cccc([C@@H](O)CNC(=O)c2ccc(N(C)C)cc2)c1. The number of nitrogens with one attached hydrogen (secondary N) is 1. The smallest absolute Gasteiger partial charge is 0.251 e. The van der Waals surface area contributed by atoms with Crippen LogP contribution >= 0.6 is 0 Å². The summed E-state index contributed by atoms with van der Waals surface area (Å²) in [7, 11) is 3.89. The summed E-state index contributed by atoms with van der Waals surface area (Å²) < 4.78 is 5.63. The van der Waals surface area contributed by atoms with Gasteiger partial charge in [0.15, 0.2) is 0 Å². The highest BCUT2D eigenvalue weighted by atomic mass is 16.5. The molecule has 0 bridgehead atoms. The average Bonchev–Trinajstić information content (AvgIpc) is 2.59. The predicted molar refractivity (Wildman–Crippen MR) is 100 cm³/mol. The van der Waals surface area contributed by atoms with Gasteiger partial charge < -0.3 is 20.1 Å². The lowest BCUT2D eigenvalue weighted by Crippen LogP contribution is -2.28. The lowest BCUT2D eigenvalue weighted by molar-refractivity contribution is 0.0916. The first-order chi connectivity index (χ1) is 11.9. The number of ether oxygens (including phenoxy) is 1. The quantitative estimate of drug-likeness (QED) is 0.812. The zero-order valence-corrected chi connectivity index (χ0v) is 15.2. The number of hydrogen-bond acceptors (Lipinski definition) is 4. The van der Waals surface area contributed by atoms with Gasteiger partial charge in [0, 0.05) is 31.9 Å². The van der Waals surface area contributed by atoms with Crippen molar-refractivity contribution in [3.63, 3.8) is 0 Å². The summed E-state index contributed by atoms with van der Waals surface area (Å²) in [5.74, 6) is 0.496. The number of aliphatic hydroxyl groups excluding tert-OH is 1. The number of aliphatic hydroxyl groups is 1. The lowest BCUT2D eigenvalue weighted by Gasteiger charge is -2.15. The molecule has 1 amide bonds. The number of benzene rings is 2. The molecule has 0 aromatic heterocycles. The summed E-state index contributed by atoms with van der Waals surface area (Å²) in [5.41, 5.74) is 2.30. The van der Waals surface area contributed by atoms with E-state index in [-0.39, 0.29) is 18.6 Å². The van der Waals surface area contributed by atoms with Gasteiger partial charge in [-0.1, -0.05) is 12.1 Å². The molecular weight excluding hydrogens is 316 g/mol. The number of rotatable bonds is 7. The molecule has 0 aliphatic heterocycles. The van der Waals surface area contributed by atoms with Crippen molar-refractivity contribution in [2.24, 2.45) is 0 Å². The fourth-order valence-electron chi connectivity index (χ4n) is 2.39. The van der Waals surface area contributed by atoms with E-state index < -0.39 is 6.10 Å². The van der Waals surface area contributed by atoms with Crippen molar-refractivity contribution in [1.82, 2.24) is 5.32 Å². The number of anilines is 1. The monoisotopic (exact) mass is 342 g/mol. The van der Waals surface area contributed by atoms with Crippen molar-refractivity contribution < 1.29 is 14.6 Å². The highest BCUT2D eigenvalue weighted by Gasteiger charge is 2.12. The second kappa shape index (κ2) is 8.53. The molecule has 5 heteroatoms. The van der Waals surface area contributed by atoms with Gasteiger partial charge in [-0.2, -0.15) is 0 Å². The fraction of sp³-hybridized carbons (Fsp3) is 0.350. The van der Waals surface area contributed by atoms with Crippen molar-refractivity contribution >= 4 is 11.6 Å². The first kappa shape index (κ1) is 18.8. The molecule has 2 rings (SSSR count). The van der Waals surface area contributed by atoms with Crippen LogP contribution < -0.4 is 15.0 Å². The third kappa shape index (κ3) is 5.50. The Morgan fingerprint density at radius 2 is 1.84 bits per heavy atom. The third-order valence-electron chi connectivity index (χ3n) is 3.72. The van der Waals surface area contributed by atoms with E-state index in [1.54, 1.807) is 18.2 Å². The Balaban J connectivity index is 1.94. The number of carbonyl (C=O) groups is 1. The molecule has 2 N–H and O–H groups in total. The molecule has 2 aromatic carbocycles. The Hall–Kier alpha value is -2.53. The summed E-state index contributed by atoms with van der Waals surface area (Å²) >= 11 is 0. The highest BCUT2D eigenvalue weighted by Crippen LogP contribution is 2.20. The Morgan fingerprint density at radius 3 is 2.44 bits per heavy atom. The van der Waals surface area contributed by atoms with Crippen molar-refractivity contribution in [1.29, 1.82) is 0 Å². The van der Waals surface area contributed by atoms with Gasteiger partial charge in [-0.15, -0.1) is 0 Å². The van der Waals surface area contributed by atoms with Crippen molar-refractivity contribution in [3.8, 4) is 5.75 Å². The van der Waals surface area contributed by atoms with E-state index in [9.17, 15) is 9.90 Å². The van der Waals surface area contributed by atoms with Gasteiger partial charge in [-0.3, -0.25) is 4.79 Å². The minimum atomic E-state index is -0.791. The molecule has 1 atom stereocenters. The van der Waals surface area contributed by atoms with Crippen LogP contribution in [-0.2, 0) is 0 Å². The van der Waals surface area contributed by atoms with Crippen LogP contribution in [0.5, 0.6) is 5.75 Å². The summed E-state index contributed by atoms with van der Waals surface area (Å²) in [4.78, 5) is 14.2. The molecule has 0 unspecified atom stereocenters. The van der Waals surface area contributed by atoms with E-state index in [1.807, 2.05) is 63.2 Å². The number of amides is 1. The van der Waals surface area contributed by atoms with Crippen molar-refractivity contribution in [2.75, 3.05) is 25.5 Å². The molecule has 0 saturated heterocycles. The summed E-state index contributed by atoms with van der Waals surface area (Å²) in [6, 6.07) is 14.6. The van der Waals surface area contributed by atoms with E-state index in [2.05, 4.69) is 5.32 Å². The summed E-state index contributed by atoms with van der Waals surface area (Å²) in [6.07, 6.45) is -0.724. The number of carbonyl (C=O) groups excluding carboxylic acids is 1. The molecule has 0 aliphatic rings. The van der Waals surface area contributed by atoms with Crippen LogP contribution in [0.15, 0.2) is 48.5 Å². The standard InChI is InChI=1S/C20H26N2O3/c1-14(2)25-18-7-5-6-16(12-18)19(23)13-21-20(24)15-8-10-17(11-9-15)22(3)4/h5-12,14,19,23H,13H2,1-4H3,(H,21,24)/t19-/m0/s1. The predicted octanol–water partition coefficient (Wildman–Crippen LogP) is 3.00. The van der Waals surface area contributed by atoms with Gasteiger partial charge in [-0.05, 0) is 55.8 Å². The normalized spacial score (nSPS) is 11.9. The molecule has 0 saturated carbocycles. The largest absolute Gasteiger partial charge is 0.491 e. The van der Waals surface area contributed by atoms with Crippen LogP contribution in [0.25, 0.3) is 0 Å². The Kier molecular flexibility index (Phi) is 6.42. The van der Waals surface area contributed by atoms with Gasteiger partial charge >= 0.3 is 0 Å². The minimum Gasteiger partial charge on any atom is -0.491 e. The first-order valence-corrected chi connectivity index (χ1v) is 8.37. The van der Waals surface area contributed by atoms with E-state index >= 15 is 0 Å². The van der Waals surface area contributed by atoms with E-state index in [0.29, 0.717) is 16.9 Å². The van der Waals surface area contributed by atoms with Gasteiger partial charge in [-0.25, -0.2) is 0 Å². The molecule has 0 fully saturated rings. The van der Waals surface area contributed by atoms with Crippen LogP contribution in [-0.4, -0.2) is 37.8 Å². The molecule has 0 spiro atoms. The maximum absolute atomic E-state index is 12.2. The van der Waals surface area contributed by atoms with Crippen LogP contribution in [0.2, 0.25) is 0 Å². The van der Waals surface area contributed by atoms with Crippen LogP contribution in [0.3, 0.4) is 0 Å². The molecule has 0 heterocycles. The zero-order chi connectivity index (χ0) is 18.4. The van der Waals surface area contributed by atoms with E-state index in [0.717, 1.165) is 5.69 Å². The van der Waals surface area contributed by atoms with Crippen molar-refractivity contribution in [3.05, 3.63) is 59.7 Å². The third-order valence-corrected chi connectivity index (χ3v) is 3.72. The molecular formula is C20H26N2O3. The highest BCUT2D eigenvalue weighted by molar-refractivity contribution is 5.94. The van der Waals surface area contributed by atoms with Gasteiger partial charge in [0.1, 0.15) is 5.75 Å². The molecule has 2 aromatic rings. The second-order valence-corrected chi connectivity index (χ2v) is 6.41. The molecule has 25 heavy (non-hydrogen) atoms. The number of hydrogen-bond donors (Lipinski definition) is 2. The van der Waals surface area contributed by atoms with Crippen LogP contribution in [0.1, 0.15) is 35.9 Å². The molecule has 5 nitrogen and oxygen atoms in total.